The molecule has 3 atom stereocenters. The fourth-order valence-electron chi connectivity index (χ4n) is 3.54. The Kier molecular flexibility index (Phi) is 6.50. The highest BCUT2D eigenvalue weighted by Crippen LogP contribution is 2.54. The Morgan fingerprint density at radius 3 is 2.26 bits per heavy atom. The SMILES string of the molecule is CC1(C)CCC(C)(C)C1C=CC(N)C(O)N[C@H](C=O)CC(=O)O. The summed E-state index contributed by atoms with van der Waals surface area (Å²) in [5, 5.41) is 21.3. The second-order valence-electron chi connectivity index (χ2n) is 7.87. The number of hydrogen-bond donors (Lipinski definition) is 4. The first-order valence-corrected chi connectivity index (χ1v) is 8.05. The number of hydrogen-bond acceptors (Lipinski definition) is 5. The molecule has 0 radical (unpaired) electrons. The Hall–Kier alpha value is -1.24. The maximum atomic E-state index is 10.8. The van der Waals surface area contributed by atoms with Gasteiger partial charge in [-0.2, -0.15) is 0 Å². The summed E-state index contributed by atoms with van der Waals surface area (Å²) < 4.78 is 0. The van der Waals surface area contributed by atoms with Gasteiger partial charge in [-0.3, -0.25) is 10.1 Å². The van der Waals surface area contributed by atoms with Crippen LogP contribution in [0, 0.1) is 16.7 Å². The highest BCUT2D eigenvalue weighted by Gasteiger charge is 2.45. The zero-order valence-corrected chi connectivity index (χ0v) is 14.5. The van der Waals surface area contributed by atoms with Crippen molar-refractivity contribution in [3.63, 3.8) is 0 Å². The lowest BCUT2D eigenvalue weighted by molar-refractivity contribution is -0.138. The molecule has 6 nitrogen and oxygen atoms in total. The van der Waals surface area contributed by atoms with Crippen LogP contribution < -0.4 is 11.1 Å². The maximum absolute atomic E-state index is 10.8. The predicted octanol–water partition coefficient (Wildman–Crippen LogP) is 1.28. The number of carboxylic acid groups (broad SMARTS) is 1. The zero-order chi connectivity index (χ0) is 17.8. The molecule has 0 aromatic carbocycles. The number of carboxylic acids is 1. The van der Waals surface area contributed by atoms with Crippen LogP contribution in [0.3, 0.4) is 0 Å². The minimum atomic E-state index is -1.17. The third-order valence-corrected chi connectivity index (χ3v) is 4.93. The van der Waals surface area contributed by atoms with E-state index in [1.165, 1.54) is 0 Å². The Labute approximate surface area is 138 Å². The molecule has 0 bridgehead atoms. The van der Waals surface area contributed by atoms with Gasteiger partial charge in [-0.25, -0.2) is 0 Å². The Balaban J connectivity index is 2.68. The van der Waals surface area contributed by atoms with Crippen LogP contribution >= 0.6 is 0 Å². The van der Waals surface area contributed by atoms with Gasteiger partial charge in [0.25, 0.3) is 0 Å². The van der Waals surface area contributed by atoms with Gasteiger partial charge >= 0.3 is 5.97 Å². The van der Waals surface area contributed by atoms with Gasteiger partial charge in [-0.15, -0.1) is 0 Å². The first kappa shape index (κ1) is 19.8. The largest absolute Gasteiger partial charge is 0.481 e. The van der Waals surface area contributed by atoms with Gasteiger partial charge in [0.15, 0.2) is 0 Å². The molecule has 1 saturated carbocycles. The van der Waals surface area contributed by atoms with Gasteiger partial charge in [0.1, 0.15) is 12.5 Å². The van der Waals surface area contributed by atoms with E-state index in [2.05, 4.69) is 39.1 Å². The number of carbonyl (C=O) groups is 2. The molecule has 1 aliphatic rings. The normalized spacial score (nSPS) is 24.4. The van der Waals surface area contributed by atoms with E-state index < -0.39 is 24.3 Å². The molecule has 0 aromatic rings. The molecule has 23 heavy (non-hydrogen) atoms. The maximum Gasteiger partial charge on any atom is 0.305 e. The molecule has 0 aromatic heterocycles. The van der Waals surface area contributed by atoms with E-state index in [1.807, 2.05) is 0 Å². The highest BCUT2D eigenvalue weighted by molar-refractivity contribution is 5.73. The summed E-state index contributed by atoms with van der Waals surface area (Å²) in [6, 6.07) is -1.67. The molecule has 6 heteroatoms. The fourth-order valence-corrected chi connectivity index (χ4v) is 3.54. The van der Waals surface area contributed by atoms with Crippen LogP contribution in [0.5, 0.6) is 0 Å². The van der Waals surface area contributed by atoms with E-state index in [0.717, 1.165) is 12.8 Å². The van der Waals surface area contributed by atoms with E-state index in [0.29, 0.717) is 12.2 Å². The van der Waals surface area contributed by atoms with Gasteiger partial charge < -0.3 is 20.7 Å². The first-order valence-electron chi connectivity index (χ1n) is 8.05. The summed E-state index contributed by atoms with van der Waals surface area (Å²) in [6.07, 6.45) is 4.98. The smallest absolute Gasteiger partial charge is 0.305 e. The molecule has 0 spiro atoms. The number of aldehydes is 1. The molecule has 2 unspecified atom stereocenters. The number of aliphatic hydroxyl groups is 1. The van der Waals surface area contributed by atoms with Crippen LogP contribution in [0.2, 0.25) is 0 Å². The lowest BCUT2D eigenvalue weighted by atomic mass is 9.72. The number of nitrogens with one attached hydrogen (secondary N) is 1. The van der Waals surface area contributed by atoms with Crippen molar-refractivity contribution in [2.45, 2.75) is 65.3 Å². The molecule has 1 aliphatic carbocycles. The number of rotatable bonds is 8. The van der Waals surface area contributed by atoms with Crippen molar-refractivity contribution in [3.05, 3.63) is 12.2 Å². The molecule has 1 rings (SSSR count). The summed E-state index contributed by atoms with van der Waals surface area (Å²) in [4.78, 5) is 21.5. The van der Waals surface area contributed by atoms with Crippen molar-refractivity contribution in [3.8, 4) is 0 Å². The van der Waals surface area contributed by atoms with Crippen LogP contribution in [-0.4, -0.2) is 40.8 Å². The van der Waals surface area contributed by atoms with Crippen LogP contribution in [0.4, 0.5) is 0 Å². The van der Waals surface area contributed by atoms with E-state index in [4.69, 9.17) is 10.8 Å². The Morgan fingerprint density at radius 2 is 1.83 bits per heavy atom. The lowest BCUT2D eigenvalue weighted by Gasteiger charge is -2.33. The van der Waals surface area contributed by atoms with Gasteiger partial charge in [0, 0.05) is 0 Å². The minimum Gasteiger partial charge on any atom is -0.481 e. The topological polar surface area (TPSA) is 113 Å². The van der Waals surface area contributed by atoms with Crippen molar-refractivity contribution in [2.75, 3.05) is 0 Å². The molecular weight excluding hydrogens is 296 g/mol. The third-order valence-electron chi connectivity index (χ3n) is 4.93. The van der Waals surface area contributed by atoms with Crippen LogP contribution in [0.1, 0.15) is 47.0 Å². The summed E-state index contributed by atoms with van der Waals surface area (Å²) >= 11 is 0. The summed E-state index contributed by atoms with van der Waals surface area (Å²) in [5.41, 5.74) is 6.29. The molecular formula is C17H30N2O4. The Bertz CT molecular complexity index is 444. The van der Waals surface area contributed by atoms with E-state index in [9.17, 15) is 14.7 Å². The van der Waals surface area contributed by atoms with Gasteiger partial charge in [-0.05, 0) is 29.6 Å². The molecule has 0 amide bonds. The fraction of sp³-hybridized carbons (Fsp3) is 0.765. The molecule has 5 N–H and O–H groups in total. The highest BCUT2D eigenvalue weighted by atomic mass is 16.4. The van der Waals surface area contributed by atoms with Crippen LogP contribution in [-0.2, 0) is 9.59 Å². The second-order valence-corrected chi connectivity index (χ2v) is 7.87. The van der Waals surface area contributed by atoms with E-state index in [-0.39, 0.29) is 17.3 Å². The minimum absolute atomic E-state index is 0.173. The number of nitrogens with two attached hydrogens (primary N) is 1. The van der Waals surface area contributed by atoms with Crippen molar-refractivity contribution < 1.29 is 19.8 Å². The van der Waals surface area contributed by atoms with Crippen LogP contribution in [0.25, 0.3) is 0 Å². The van der Waals surface area contributed by atoms with E-state index in [1.54, 1.807) is 6.08 Å². The number of allylic oxidation sites excluding steroid dienone is 1. The summed E-state index contributed by atoms with van der Waals surface area (Å²) in [5.74, 6) is -0.769. The zero-order valence-electron chi connectivity index (χ0n) is 14.5. The van der Waals surface area contributed by atoms with Gasteiger partial charge in [-0.1, -0.05) is 39.8 Å². The number of aliphatic carboxylic acids is 1. The monoisotopic (exact) mass is 326 g/mol. The first-order chi connectivity index (χ1) is 10.5. The number of aliphatic hydroxyl groups excluding tert-OH is 1. The third kappa shape index (κ3) is 5.41. The molecule has 0 heterocycles. The van der Waals surface area contributed by atoms with Crippen molar-refractivity contribution >= 4 is 12.3 Å². The van der Waals surface area contributed by atoms with Crippen molar-refractivity contribution in [1.82, 2.24) is 5.32 Å². The predicted molar refractivity (Wildman–Crippen MR) is 88.6 cm³/mol. The quantitative estimate of drug-likeness (QED) is 0.304. The van der Waals surface area contributed by atoms with Gasteiger partial charge in [0.05, 0.1) is 18.5 Å². The molecule has 132 valence electrons. The van der Waals surface area contributed by atoms with E-state index >= 15 is 0 Å². The average molecular weight is 326 g/mol. The second kappa shape index (κ2) is 7.55. The molecule has 1 fully saturated rings. The van der Waals surface area contributed by atoms with Gasteiger partial charge in [0.2, 0.25) is 0 Å². The molecule has 0 aliphatic heterocycles. The standard InChI is InChI=1S/C17H30N2O4/c1-16(2)7-8-17(3,4)13(16)6-5-12(18)15(23)19-11(10-20)9-14(21)22/h5-6,10-13,15,19,23H,7-9,18H2,1-4H3,(H,21,22)/t11-,12?,15?/m0/s1. The Morgan fingerprint density at radius 1 is 1.30 bits per heavy atom. The summed E-state index contributed by atoms with van der Waals surface area (Å²) in [7, 11) is 0. The van der Waals surface area contributed by atoms with Crippen molar-refractivity contribution in [2.24, 2.45) is 22.5 Å². The molecule has 0 saturated heterocycles. The van der Waals surface area contributed by atoms with Crippen LogP contribution in [0.15, 0.2) is 12.2 Å². The lowest BCUT2D eigenvalue weighted by Crippen LogP contribution is -2.49. The number of carbonyl (C=O) groups excluding carboxylic acids is 1. The summed E-state index contributed by atoms with van der Waals surface area (Å²) in [6.45, 7) is 8.91. The van der Waals surface area contributed by atoms with Crippen molar-refractivity contribution in [1.29, 1.82) is 0 Å². The average Bonchev–Trinajstić information content (AvgIpc) is 2.64.